The first-order valence-corrected chi connectivity index (χ1v) is 9.67. The van der Waals surface area contributed by atoms with Gasteiger partial charge in [-0.1, -0.05) is 11.6 Å². The molecule has 0 aliphatic carbocycles. The molecule has 5 nitrogen and oxygen atoms in total. The Kier molecular flexibility index (Phi) is 5.27. The molecule has 1 amide bonds. The van der Waals surface area contributed by atoms with Crippen LogP contribution >= 0.6 is 11.6 Å². The number of anilines is 1. The Morgan fingerprint density at radius 3 is 2.42 bits per heavy atom. The van der Waals surface area contributed by atoms with E-state index in [4.69, 9.17) is 11.6 Å². The number of halogens is 3. The van der Waals surface area contributed by atoms with Gasteiger partial charge in [-0.15, -0.1) is 0 Å². The molecule has 0 aromatic heterocycles. The fourth-order valence-corrected chi connectivity index (χ4v) is 4.52. The van der Waals surface area contributed by atoms with Crippen LogP contribution in [0.4, 0.5) is 14.5 Å². The van der Waals surface area contributed by atoms with Crippen LogP contribution in [0.25, 0.3) is 0 Å². The van der Waals surface area contributed by atoms with Crippen LogP contribution in [0, 0.1) is 11.6 Å². The maximum atomic E-state index is 14.1. The number of hydrogen-bond acceptors (Lipinski definition) is 3. The molecule has 0 unspecified atom stereocenters. The molecule has 138 valence electrons. The van der Waals surface area contributed by atoms with E-state index < -0.39 is 32.5 Å². The summed E-state index contributed by atoms with van der Waals surface area (Å²) in [5.41, 5.74) is 0.107. The van der Waals surface area contributed by atoms with E-state index in [-0.39, 0.29) is 16.3 Å². The van der Waals surface area contributed by atoms with Crippen LogP contribution in [-0.4, -0.2) is 31.7 Å². The number of hydrogen-bond donors (Lipinski definition) is 1. The van der Waals surface area contributed by atoms with E-state index in [1.54, 1.807) is 0 Å². The molecule has 1 aliphatic heterocycles. The Morgan fingerprint density at radius 1 is 1.08 bits per heavy atom. The highest BCUT2D eigenvalue weighted by Gasteiger charge is 2.30. The molecule has 2 aromatic carbocycles. The molecule has 0 bridgehead atoms. The summed E-state index contributed by atoms with van der Waals surface area (Å²) in [7, 11) is -4.01. The van der Waals surface area contributed by atoms with Crippen LogP contribution in [0.2, 0.25) is 5.02 Å². The van der Waals surface area contributed by atoms with Gasteiger partial charge in [0.15, 0.2) is 0 Å². The van der Waals surface area contributed by atoms with Gasteiger partial charge in [-0.05, 0) is 49.2 Å². The minimum absolute atomic E-state index is 0.00891. The number of rotatable bonds is 4. The molecule has 1 N–H and O–H groups in total. The van der Waals surface area contributed by atoms with Gasteiger partial charge in [-0.25, -0.2) is 17.2 Å². The summed E-state index contributed by atoms with van der Waals surface area (Å²) >= 11 is 5.86. The van der Waals surface area contributed by atoms with Crippen LogP contribution in [0.5, 0.6) is 0 Å². The molecule has 0 atom stereocenters. The number of nitrogens with one attached hydrogen (secondary N) is 1. The van der Waals surface area contributed by atoms with Crippen molar-refractivity contribution >= 4 is 33.2 Å². The summed E-state index contributed by atoms with van der Waals surface area (Å²) in [6.45, 7) is 0.646. The van der Waals surface area contributed by atoms with E-state index in [1.165, 1.54) is 16.4 Å². The third kappa shape index (κ3) is 3.72. The SMILES string of the molecule is O=C(Nc1ccc(F)cc1Cl)c1ccc(F)c(S(=O)(=O)N2CCCC2)c1. The van der Waals surface area contributed by atoms with Crippen molar-refractivity contribution in [1.29, 1.82) is 0 Å². The second-order valence-corrected chi connectivity index (χ2v) is 8.15. The van der Waals surface area contributed by atoms with Gasteiger partial charge >= 0.3 is 0 Å². The molecule has 0 saturated carbocycles. The lowest BCUT2D eigenvalue weighted by atomic mass is 10.2. The average molecular weight is 401 g/mol. The maximum absolute atomic E-state index is 14.1. The van der Waals surface area contributed by atoms with Crippen molar-refractivity contribution in [2.45, 2.75) is 17.7 Å². The van der Waals surface area contributed by atoms with Crippen molar-refractivity contribution in [2.75, 3.05) is 18.4 Å². The van der Waals surface area contributed by atoms with E-state index in [2.05, 4.69) is 5.32 Å². The molecular formula is C17H15ClF2N2O3S. The second kappa shape index (κ2) is 7.30. The first-order valence-electron chi connectivity index (χ1n) is 7.85. The number of carbonyl (C=O) groups excluding carboxylic acids is 1. The van der Waals surface area contributed by atoms with E-state index >= 15 is 0 Å². The fraction of sp³-hybridized carbons (Fsp3) is 0.235. The Bertz CT molecular complexity index is 960. The van der Waals surface area contributed by atoms with Crippen LogP contribution in [-0.2, 0) is 10.0 Å². The highest BCUT2D eigenvalue weighted by atomic mass is 35.5. The molecule has 1 saturated heterocycles. The molecular weight excluding hydrogens is 386 g/mol. The first-order chi connectivity index (χ1) is 12.3. The van der Waals surface area contributed by atoms with Crippen molar-refractivity contribution in [1.82, 2.24) is 4.31 Å². The fourth-order valence-electron chi connectivity index (χ4n) is 2.70. The van der Waals surface area contributed by atoms with Crippen molar-refractivity contribution in [2.24, 2.45) is 0 Å². The standard InChI is InChI=1S/C17H15ClF2N2O3S/c18-13-10-12(19)4-6-15(13)21-17(23)11-3-5-14(20)16(9-11)26(24,25)22-7-1-2-8-22/h3-6,9-10H,1-2,7-8H2,(H,21,23). The average Bonchev–Trinajstić information content (AvgIpc) is 3.13. The predicted octanol–water partition coefficient (Wildman–Crippen LogP) is 3.66. The lowest BCUT2D eigenvalue weighted by Gasteiger charge is -2.16. The van der Waals surface area contributed by atoms with Crippen LogP contribution in [0.15, 0.2) is 41.3 Å². The largest absolute Gasteiger partial charge is 0.321 e. The van der Waals surface area contributed by atoms with Gasteiger partial charge in [0.05, 0.1) is 10.7 Å². The molecule has 1 heterocycles. The molecule has 9 heteroatoms. The molecule has 3 rings (SSSR count). The van der Waals surface area contributed by atoms with Crippen molar-refractivity contribution < 1.29 is 22.0 Å². The Hall–Kier alpha value is -2.03. The van der Waals surface area contributed by atoms with Gasteiger partial charge in [0.1, 0.15) is 16.5 Å². The first kappa shape index (κ1) is 18.8. The van der Waals surface area contributed by atoms with E-state index in [9.17, 15) is 22.0 Å². The molecule has 2 aromatic rings. The van der Waals surface area contributed by atoms with E-state index in [0.717, 1.165) is 24.3 Å². The van der Waals surface area contributed by atoms with Crippen LogP contribution < -0.4 is 5.32 Å². The summed E-state index contributed by atoms with van der Waals surface area (Å²) in [6, 6.07) is 6.53. The Labute approximate surface area is 154 Å². The third-order valence-electron chi connectivity index (χ3n) is 4.06. The molecule has 1 aliphatic rings. The monoisotopic (exact) mass is 400 g/mol. The Balaban J connectivity index is 1.90. The number of sulfonamides is 1. The number of carbonyl (C=O) groups is 1. The van der Waals surface area contributed by atoms with Gasteiger partial charge in [0.25, 0.3) is 5.91 Å². The lowest BCUT2D eigenvalue weighted by Crippen LogP contribution is -2.29. The van der Waals surface area contributed by atoms with E-state index in [0.29, 0.717) is 25.9 Å². The zero-order chi connectivity index (χ0) is 18.9. The van der Waals surface area contributed by atoms with Crippen molar-refractivity contribution in [3.05, 3.63) is 58.6 Å². The molecule has 0 spiro atoms. The summed E-state index contributed by atoms with van der Waals surface area (Å²) in [6.07, 6.45) is 1.42. The summed E-state index contributed by atoms with van der Waals surface area (Å²) in [4.78, 5) is 11.8. The molecule has 1 fully saturated rings. The summed E-state index contributed by atoms with van der Waals surface area (Å²) in [5, 5.41) is 2.44. The summed E-state index contributed by atoms with van der Waals surface area (Å²) < 4.78 is 53.5. The van der Waals surface area contributed by atoms with Gasteiger partial charge in [0, 0.05) is 18.7 Å². The highest BCUT2D eigenvalue weighted by molar-refractivity contribution is 7.89. The van der Waals surface area contributed by atoms with Crippen LogP contribution in [0.1, 0.15) is 23.2 Å². The van der Waals surface area contributed by atoms with Gasteiger partial charge < -0.3 is 5.32 Å². The smallest absolute Gasteiger partial charge is 0.255 e. The van der Waals surface area contributed by atoms with Crippen molar-refractivity contribution in [3.8, 4) is 0 Å². The van der Waals surface area contributed by atoms with Crippen LogP contribution in [0.3, 0.4) is 0 Å². The van der Waals surface area contributed by atoms with Gasteiger partial charge in [-0.3, -0.25) is 4.79 Å². The quantitative estimate of drug-likeness (QED) is 0.851. The number of benzene rings is 2. The zero-order valence-electron chi connectivity index (χ0n) is 13.5. The van der Waals surface area contributed by atoms with Gasteiger partial charge in [0.2, 0.25) is 10.0 Å². The van der Waals surface area contributed by atoms with E-state index in [1.807, 2.05) is 0 Å². The maximum Gasteiger partial charge on any atom is 0.255 e. The number of amides is 1. The minimum Gasteiger partial charge on any atom is -0.321 e. The number of nitrogens with zero attached hydrogens (tertiary/aromatic N) is 1. The van der Waals surface area contributed by atoms with Gasteiger partial charge in [-0.2, -0.15) is 4.31 Å². The predicted molar refractivity (Wildman–Crippen MR) is 93.8 cm³/mol. The second-order valence-electron chi connectivity index (χ2n) is 5.83. The topological polar surface area (TPSA) is 66.5 Å². The third-order valence-corrected chi connectivity index (χ3v) is 6.28. The van der Waals surface area contributed by atoms with Crippen molar-refractivity contribution in [3.63, 3.8) is 0 Å². The molecule has 0 radical (unpaired) electrons. The normalized spacial score (nSPS) is 15.2. The lowest BCUT2D eigenvalue weighted by molar-refractivity contribution is 0.102. The zero-order valence-corrected chi connectivity index (χ0v) is 15.1. The summed E-state index contributed by atoms with van der Waals surface area (Å²) in [5.74, 6) is -2.17. The highest BCUT2D eigenvalue weighted by Crippen LogP contribution is 2.26. The Morgan fingerprint density at radius 2 is 1.77 bits per heavy atom. The minimum atomic E-state index is -4.01. The molecule has 26 heavy (non-hydrogen) atoms.